The summed E-state index contributed by atoms with van der Waals surface area (Å²) in [7, 11) is 1.36. The first-order valence-electron chi connectivity index (χ1n) is 12.8. The van der Waals surface area contributed by atoms with Crippen molar-refractivity contribution >= 4 is 23.9 Å². The zero-order chi connectivity index (χ0) is 28.6. The zero-order valence-corrected chi connectivity index (χ0v) is 23.2. The van der Waals surface area contributed by atoms with Gasteiger partial charge in [-0.05, 0) is 31.6 Å². The molecule has 38 heavy (non-hydrogen) atoms. The Hall–Kier alpha value is -2.50. The predicted octanol–water partition coefficient (Wildman–Crippen LogP) is 1.57. The van der Waals surface area contributed by atoms with Gasteiger partial charge < -0.3 is 33.9 Å². The van der Waals surface area contributed by atoms with E-state index < -0.39 is 81.8 Å². The Labute approximate surface area is 221 Å². The molecule has 9 atom stereocenters. The van der Waals surface area contributed by atoms with Gasteiger partial charge in [-0.25, -0.2) is 4.79 Å². The Morgan fingerprint density at radius 1 is 0.921 bits per heavy atom. The number of esters is 4. The molecule has 1 heterocycles. The van der Waals surface area contributed by atoms with Gasteiger partial charge >= 0.3 is 23.9 Å². The van der Waals surface area contributed by atoms with Crippen molar-refractivity contribution in [3.05, 3.63) is 11.6 Å². The maximum absolute atomic E-state index is 12.8. The zero-order valence-electron chi connectivity index (χ0n) is 23.2. The molecule has 4 rings (SSSR count). The van der Waals surface area contributed by atoms with E-state index in [9.17, 15) is 29.4 Å². The Kier molecular flexibility index (Phi) is 6.57. The van der Waals surface area contributed by atoms with Crippen LogP contribution in [-0.2, 0) is 42.9 Å². The lowest BCUT2D eigenvalue weighted by Gasteiger charge is -2.71. The van der Waals surface area contributed by atoms with E-state index in [1.54, 1.807) is 20.8 Å². The molecule has 3 fully saturated rings. The smallest absolute Gasteiger partial charge is 0.333 e. The molecule has 0 radical (unpaired) electrons. The van der Waals surface area contributed by atoms with Gasteiger partial charge in [-0.1, -0.05) is 20.8 Å². The second kappa shape index (κ2) is 8.76. The number of hydrogen-bond acceptors (Lipinski definition) is 11. The maximum atomic E-state index is 12.8. The summed E-state index contributed by atoms with van der Waals surface area (Å²) >= 11 is 0. The fourth-order valence-electron chi connectivity index (χ4n) is 8.24. The summed E-state index contributed by atoms with van der Waals surface area (Å²) in [5.41, 5.74) is -5.84. The van der Waals surface area contributed by atoms with Crippen LogP contribution in [0.2, 0.25) is 0 Å². The SMILES string of the molecule is COC12CC3C(CC(OC(C)=O)C4(O)C(C)(C)CC(OC(C)=O)C(OC(C)=O)C34C)C(C)(O)C1=CC(=O)O2. The van der Waals surface area contributed by atoms with E-state index in [0.29, 0.717) is 0 Å². The monoisotopic (exact) mass is 538 g/mol. The van der Waals surface area contributed by atoms with Gasteiger partial charge in [0.05, 0.1) is 5.60 Å². The highest BCUT2D eigenvalue weighted by atomic mass is 16.7. The number of methoxy groups -OCH3 is 1. The molecule has 0 spiro atoms. The van der Waals surface area contributed by atoms with Gasteiger partial charge in [0.1, 0.15) is 23.9 Å². The van der Waals surface area contributed by atoms with Crippen LogP contribution in [-0.4, -0.2) is 76.5 Å². The molecule has 11 heteroatoms. The van der Waals surface area contributed by atoms with Crippen LogP contribution in [0.1, 0.15) is 67.7 Å². The number of aliphatic hydroxyl groups is 2. The Morgan fingerprint density at radius 2 is 1.50 bits per heavy atom. The summed E-state index contributed by atoms with van der Waals surface area (Å²) in [5, 5.41) is 24.8. The highest BCUT2D eigenvalue weighted by Crippen LogP contribution is 2.70. The van der Waals surface area contributed by atoms with Crippen LogP contribution in [0.5, 0.6) is 0 Å². The molecule has 3 aliphatic carbocycles. The third-order valence-electron chi connectivity index (χ3n) is 9.63. The number of carbonyl (C=O) groups excluding carboxylic acids is 4. The summed E-state index contributed by atoms with van der Waals surface area (Å²) in [4.78, 5) is 49.4. The largest absolute Gasteiger partial charge is 0.459 e. The number of carbonyl (C=O) groups is 4. The summed E-state index contributed by atoms with van der Waals surface area (Å²) < 4.78 is 28.6. The van der Waals surface area contributed by atoms with Crippen molar-refractivity contribution in [2.75, 3.05) is 7.11 Å². The number of rotatable bonds is 4. The minimum atomic E-state index is -1.83. The van der Waals surface area contributed by atoms with Crippen molar-refractivity contribution in [1.29, 1.82) is 0 Å². The van der Waals surface area contributed by atoms with Crippen LogP contribution >= 0.6 is 0 Å². The molecule has 0 aromatic carbocycles. The second-order valence-electron chi connectivity index (χ2n) is 12.1. The Morgan fingerprint density at radius 3 is 2.03 bits per heavy atom. The van der Waals surface area contributed by atoms with E-state index in [0.717, 1.165) is 0 Å². The molecule has 212 valence electrons. The van der Waals surface area contributed by atoms with Gasteiger partial charge in [0.2, 0.25) is 5.79 Å². The fraction of sp³-hybridized carbons (Fsp3) is 0.778. The number of ether oxygens (including phenoxy) is 5. The standard InChI is InChI=1S/C27H38O11/c1-13(28)35-18-12-23(4,5)27(33)20(36-14(2)29)9-16-17(24(27,6)22(18)37-15(3)30)11-26(34-8)19(25(16,7)32)10-21(31)38-26/h10,16-18,20,22,32-33H,9,11-12H2,1-8H3. The number of fused-ring (bicyclic) bond motifs is 4. The first-order valence-corrected chi connectivity index (χ1v) is 12.8. The van der Waals surface area contributed by atoms with Crippen molar-refractivity contribution in [2.24, 2.45) is 22.7 Å². The quantitative estimate of drug-likeness (QED) is 0.396. The van der Waals surface area contributed by atoms with Gasteiger partial charge in [0.15, 0.2) is 0 Å². The predicted molar refractivity (Wildman–Crippen MR) is 129 cm³/mol. The molecule has 0 bridgehead atoms. The molecule has 0 saturated heterocycles. The Balaban J connectivity index is 2.02. The highest BCUT2D eigenvalue weighted by Gasteiger charge is 2.79. The molecule has 2 N–H and O–H groups in total. The van der Waals surface area contributed by atoms with Crippen LogP contribution in [0.25, 0.3) is 0 Å². The molecule has 11 nitrogen and oxygen atoms in total. The molecule has 0 amide bonds. The van der Waals surface area contributed by atoms with Crippen LogP contribution in [0, 0.1) is 22.7 Å². The molecule has 0 aromatic rings. The van der Waals surface area contributed by atoms with Crippen molar-refractivity contribution < 1.29 is 53.1 Å². The van der Waals surface area contributed by atoms with Gasteiger partial charge in [0, 0.05) is 56.8 Å². The van der Waals surface area contributed by atoms with E-state index in [1.807, 2.05) is 0 Å². The second-order valence-corrected chi connectivity index (χ2v) is 12.1. The molecule has 0 aromatic heterocycles. The number of hydrogen-bond donors (Lipinski definition) is 2. The molecule has 3 saturated carbocycles. The summed E-state index contributed by atoms with van der Waals surface area (Å²) in [5.74, 6) is -5.63. The van der Waals surface area contributed by atoms with Crippen molar-refractivity contribution in [1.82, 2.24) is 0 Å². The average Bonchev–Trinajstić information content (AvgIpc) is 3.12. The van der Waals surface area contributed by atoms with E-state index in [2.05, 4.69) is 0 Å². The van der Waals surface area contributed by atoms with Crippen LogP contribution in [0.15, 0.2) is 11.6 Å². The minimum Gasteiger partial charge on any atom is -0.459 e. The normalized spacial score (nSPS) is 44.9. The van der Waals surface area contributed by atoms with Gasteiger partial charge in [-0.2, -0.15) is 0 Å². The average molecular weight is 539 g/mol. The summed E-state index contributed by atoms with van der Waals surface area (Å²) in [6.07, 6.45) is -1.92. The summed E-state index contributed by atoms with van der Waals surface area (Å²) in [6, 6.07) is 0. The fourth-order valence-corrected chi connectivity index (χ4v) is 8.24. The molecular formula is C27H38O11. The molecule has 1 aliphatic heterocycles. The molecule has 9 unspecified atom stereocenters. The van der Waals surface area contributed by atoms with Gasteiger partial charge in [0.25, 0.3) is 0 Å². The van der Waals surface area contributed by atoms with E-state index in [4.69, 9.17) is 23.7 Å². The molecule has 4 aliphatic rings. The van der Waals surface area contributed by atoms with Crippen molar-refractivity contribution in [2.45, 2.75) is 103 Å². The first-order chi connectivity index (χ1) is 17.4. The Bertz CT molecular complexity index is 1090. The van der Waals surface area contributed by atoms with E-state index in [-0.39, 0.29) is 24.8 Å². The minimum absolute atomic E-state index is 0.00806. The summed E-state index contributed by atoms with van der Waals surface area (Å²) in [6.45, 7) is 10.5. The maximum Gasteiger partial charge on any atom is 0.333 e. The van der Waals surface area contributed by atoms with Crippen LogP contribution < -0.4 is 0 Å². The van der Waals surface area contributed by atoms with Crippen molar-refractivity contribution in [3.63, 3.8) is 0 Å². The van der Waals surface area contributed by atoms with E-state index >= 15 is 0 Å². The van der Waals surface area contributed by atoms with Gasteiger partial charge in [-0.3, -0.25) is 14.4 Å². The lowest BCUT2D eigenvalue weighted by Crippen LogP contribution is -2.81. The topological polar surface area (TPSA) is 155 Å². The van der Waals surface area contributed by atoms with Gasteiger partial charge in [-0.15, -0.1) is 0 Å². The van der Waals surface area contributed by atoms with Crippen LogP contribution in [0.4, 0.5) is 0 Å². The van der Waals surface area contributed by atoms with Crippen molar-refractivity contribution in [3.8, 4) is 0 Å². The lowest BCUT2D eigenvalue weighted by molar-refractivity contribution is -0.354. The first kappa shape index (κ1) is 28.5. The third kappa shape index (κ3) is 3.72. The third-order valence-corrected chi connectivity index (χ3v) is 9.63. The molecular weight excluding hydrogens is 500 g/mol. The van der Waals surface area contributed by atoms with Crippen LogP contribution in [0.3, 0.4) is 0 Å². The lowest BCUT2D eigenvalue weighted by atomic mass is 9.38. The van der Waals surface area contributed by atoms with E-state index in [1.165, 1.54) is 40.9 Å². The highest BCUT2D eigenvalue weighted by molar-refractivity contribution is 5.87.